The molecule has 2 nitrogen and oxygen atoms in total. The molecule has 0 radical (unpaired) electrons. The van der Waals surface area contributed by atoms with Crippen LogP contribution in [0.15, 0.2) is 18.2 Å². The van der Waals surface area contributed by atoms with E-state index in [0.29, 0.717) is 21.0 Å². The Kier molecular flexibility index (Phi) is 3.61. The van der Waals surface area contributed by atoms with Crippen LogP contribution in [-0.4, -0.2) is 4.98 Å². The molecule has 0 amide bonds. The lowest BCUT2D eigenvalue weighted by atomic mass is 10.1. The maximum atomic E-state index is 5.98. The van der Waals surface area contributed by atoms with Crippen LogP contribution in [0, 0.1) is 0 Å². The standard InChI is InChI=1S/C12H12Cl2N2S/c1-6(2)12-16-10(11(15)17-12)7-3-8(13)5-9(14)4-7/h3-6H,15H2,1-2H3. The zero-order valence-electron chi connectivity index (χ0n) is 9.50. The first-order valence-electron chi connectivity index (χ1n) is 5.20. The molecule has 2 aromatic rings. The topological polar surface area (TPSA) is 38.9 Å². The van der Waals surface area contributed by atoms with E-state index in [1.54, 1.807) is 6.07 Å². The molecule has 0 unspecified atom stereocenters. The van der Waals surface area contributed by atoms with Gasteiger partial charge in [-0.1, -0.05) is 37.0 Å². The number of hydrogen-bond donors (Lipinski definition) is 1. The molecule has 0 bridgehead atoms. The number of halogens is 2. The average Bonchev–Trinajstić information content (AvgIpc) is 2.59. The largest absolute Gasteiger partial charge is 0.389 e. The van der Waals surface area contributed by atoms with Crippen LogP contribution in [0.25, 0.3) is 11.3 Å². The summed E-state index contributed by atoms with van der Waals surface area (Å²) in [6.45, 7) is 4.18. The van der Waals surface area contributed by atoms with Gasteiger partial charge in [0.15, 0.2) is 0 Å². The van der Waals surface area contributed by atoms with Gasteiger partial charge in [-0.2, -0.15) is 0 Å². The lowest BCUT2D eigenvalue weighted by molar-refractivity contribution is 0.854. The van der Waals surface area contributed by atoms with Crippen LogP contribution in [0.3, 0.4) is 0 Å². The van der Waals surface area contributed by atoms with Crippen LogP contribution >= 0.6 is 34.5 Å². The highest BCUT2D eigenvalue weighted by Gasteiger charge is 2.13. The number of nitrogens with zero attached hydrogens (tertiary/aromatic N) is 1. The van der Waals surface area contributed by atoms with Gasteiger partial charge in [0.2, 0.25) is 0 Å². The van der Waals surface area contributed by atoms with Gasteiger partial charge in [0.1, 0.15) is 10.7 Å². The summed E-state index contributed by atoms with van der Waals surface area (Å²) in [7, 11) is 0. The molecule has 5 heteroatoms. The maximum Gasteiger partial charge on any atom is 0.114 e. The monoisotopic (exact) mass is 286 g/mol. The molecule has 1 heterocycles. The summed E-state index contributed by atoms with van der Waals surface area (Å²) in [6.07, 6.45) is 0. The number of aromatic nitrogens is 1. The summed E-state index contributed by atoms with van der Waals surface area (Å²) in [5.41, 5.74) is 7.61. The second-order valence-corrected chi connectivity index (χ2v) is 6.01. The van der Waals surface area contributed by atoms with Crippen LogP contribution < -0.4 is 5.73 Å². The third-order valence-corrected chi connectivity index (χ3v) is 3.92. The SMILES string of the molecule is CC(C)c1nc(-c2cc(Cl)cc(Cl)c2)c(N)s1. The molecule has 0 spiro atoms. The fourth-order valence-electron chi connectivity index (χ4n) is 1.49. The van der Waals surface area contributed by atoms with E-state index in [1.807, 2.05) is 12.1 Å². The molecule has 2 N–H and O–H groups in total. The van der Waals surface area contributed by atoms with Gasteiger partial charge in [-0.05, 0) is 18.2 Å². The minimum Gasteiger partial charge on any atom is -0.389 e. The first-order valence-corrected chi connectivity index (χ1v) is 6.77. The Morgan fingerprint density at radius 1 is 1.18 bits per heavy atom. The van der Waals surface area contributed by atoms with E-state index in [1.165, 1.54) is 11.3 Å². The number of nitrogens with two attached hydrogens (primary N) is 1. The summed E-state index contributed by atoms with van der Waals surface area (Å²) < 4.78 is 0. The molecule has 0 saturated carbocycles. The van der Waals surface area contributed by atoms with Crippen LogP contribution in [-0.2, 0) is 0 Å². The van der Waals surface area contributed by atoms with Crippen LogP contribution in [0.4, 0.5) is 5.00 Å². The summed E-state index contributed by atoms with van der Waals surface area (Å²) in [5.74, 6) is 0.366. The van der Waals surface area contributed by atoms with Crippen LogP contribution in [0.1, 0.15) is 24.8 Å². The van der Waals surface area contributed by atoms with E-state index in [2.05, 4.69) is 18.8 Å². The van der Waals surface area contributed by atoms with Crippen molar-refractivity contribution >= 4 is 39.5 Å². The molecule has 0 aliphatic carbocycles. The van der Waals surface area contributed by atoms with Crippen molar-refractivity contribution in [3.05, 3.63) is 33.3 Å². The summed E-state index contributed by atoms with van der Waals surface area (Å²) in [4.78, 5) is 4.54. The molecule has 0 fully saturated rings. The van der Waals surface area contributed by atoms with Gasteiger partial charge < -0.3 is 5.73 Å². The number of rotatable bonds is 2. The van der Waals surface area contributed by atoms with Gasteiger partial charge >= 0.3 is 0 Å². The Morgan fingerprint density at radius 2 is 1.76 bits per heavy atom. The fourth-order valence-corrected chi connectivity index (χ4v) is 2.88. The van der Waals surface area contributed by atoms with Crippen molar-refractivity contribution in [2.45, 2.75) is 19.8 Å². The highest BCUT2D eigenvalue weighted by molar-refractivity contribution is 7.16. The van der Waals surface area contributed by atoms with Crippen molar-refractivity contribution in [2.75, 3.05) is 5.73 Å². The molecule has 1 aromatic carbocycles. The van der Waals surface area contributed by atoms with E-state index in [0.717, 1.165) is 16.3 Å². The van der Waals surface area contributed by atoms with Crippen molar-refractivity contribution in [3.8, 4) is 11.3 Å². The molecule has 0 saturated heterocycles. The zero-order chi connectivity index (χ0) is 12.6. The predicted octanol–water partition coefficient (Wildman–Crippen LogP) is 4.82. The van der Waals surface area contributed by atoms with Crippen LogP contribution in [0.2, 0.25) is 10.0 Å². The van der Waals surface area contributed by atoms with Crippen molar-refractivity contribution in [1.29, 1.82) is 0 Å². The second-order valence-electron chi connectivity index (χ2n) is 4.08. The third-order valence-electron chi connectivity index (χ3n) is 2.30. The van der Waals surface area contributed by atoms with E-state index in [4.69, 9.17) is 28.9 Å². The number of thiazole rings is 1. The summed E-state index contributed by atoms with van der Waals surface area (Å²) in [6, 6.07) is 5.34. The molecule has 17 heavy (non-hydrogen) atoms. The first kappa shape index (κ1) is 12.7. The second kappa shape index (κ2) is 4.84. The molecule has 1 aromatic heterocycles. The summed E-state index contributed by atoms with van der Waals surface area (Å²) in [5, 5.41) is 2.90. The van der Waals surface area contributed by atoms with Gasteiger partial charge in [0, 0.05) is 21.5 Å². The van der Waals surface area contributed by atoms with E-state index >= 15 is 0 Å². The highest BCUT2D eigenvalue weighted by atomic mass is 35.5. The summed E-state index contributed by atoms with van der Waals surface area (Å²) >= 11 is 13.5. The average molecular weight is 287 g/mol. The smallest absolute Gasteiger partial charge is 0.114 e. The minimum absolute atomic E-state index is 0.366. The van der Waals surface area contributed by atoms with Gasteiger partial charge in [0.05, 0.1) is 5.01 Å². The van der Waals surface area contributed by atoms with E-state index in [9.17, 15) is 0 Å². The molecular weight excluding hydrogens is 275 g/mol. The first-order chi connectivity index (χ1) is 7.97. The molecule has 2 rings (SSSR count). The van der Waals surface area contributed by atoms with Crippen molar-refractivity contribution in [2.24, 2.45) is 0 Å². The Hall–Kier alpha value is -0.770. The zero-order valence-corrected chi connectivity index (χ0v) is 11.8. The van der Waals surface area contributed by atoms with E-state index in [-0.39, 0.29) is 0 Å². The number of anilines is 1. The van der Waals surface area contributed by atoms with Gasteiger partial charge in [-0.15, -0.1) is 11.3 Å². The molecule has 90 valence electrons. The van der Waals surface area contributed by atoms with Gasteiger partial charge in [0.25, 0.3) is 0 Å². The minimum atomic E-state index is 0.366. The quantitative estimate of drug-likeness (QED) is 0.859. The third kappa shape index (κ3) is 2.73. The Morgan fingerprint density at radius 3 is 2.24 bits per heavy atom. The maximum absolute atomic E-state index is 5.98. The van der Waals surface area contributed by atoms with E-state index < -0.39 is 0 Å². The van der Waals surface area contributed by atoms with Crippen molar-refractivity contribution in [1.82, 2.24) is 4.98 Å². The molecular formula is C12H12Cl2N2S. The fraction of sp³-hybridized carbons (Fsp3) is 0.250. The Balaban J connectivity index is 2.52. The highest BCUT2D eigenvalue weighted by Crippen LogP contribution is 2.35. The van der Waals surface area contributed by atoms with Crippen LogP contribution in [0.5, 0.6) is 0 Å². The molecule has 0 aliphatic heterocycles. The molecule has 0 atom stereocenters. The van der Waals surface area contributed by atoms with Crippen molar-refractivity contribution in [3.63, 3.8) is 0 Å². The van der Waals surface area contributed by atoms with Crippen molar-refractivity contribution < 1.29 is 0 Å². The predicted molar refractivity (Wildman–Crippen MR) is 76.1 cm³/mol. The Bertz CT molecular complexity index is 529. The van der Waals surface area contributed by atoms with Gasteiger partial charge in [-0.25, -0.2) is 4.98 Å². The number of nitrogen functional groups attached to an aromatic ring is 1. The van der Waals surface area contributed by atoms with Gasteiger partial charge in [-0.3, -0.25) is 0 Å². The number of benzene rings is 1. The lowest BCUT2D eigenvalue weighted by Gasteiger charge is -2.01. The normalized spacial score (nSPS) is 11.1. The lowest BCUT2D eigenvalue weighted by Crippen LogP contribution is -1.88. The Labute approximate surface area is 114 Å². The number of hydrogen-bond acceptors (Lipinski definition) is 3. The molecule has 0 aliphatic rings.